The van der Waals surface area contributed by atoms with Crippen molar-refractivity contribution in [3.8, 4) is 0 Å². The monoisotopic (exact) mass is 170 g/mol. The van der Waals surface area contributed by atoms with Gasteiger partial charge in [-0.2, -0.15) is 0 Å². The number of hydrogen-bond donors (Lipinski definition) is 2. The molecular formula is C10H22N2. The smallest absolute Gasteiger partial charge is 0.00670 e. The first-order chi connectivity index (χ1) is 5.93. The third-order valence-corrected chi connectivity index (χ3v) is 2.64. The van der Waals surface area contributed by atoms with Crippen LogP contribution in [0.1, 0.15) is 38.5 Å². The zero-order chi connectivity index (χ0) is 8.65. The van der Waals surface area contributed by atoms with Crippen molar-refractivity contribution >= 4 is 0 Å². The Kier molecular flexibility index (Phi) is 5.37. The molecule has 0 aromatic heterocycles. The van der Waals surface area contributed by atoms with Gasteiger partial charge in [0.2, 0.25) is 0 Å². The van der Waals surface area contributed by atoms with E-state index in [1.54, 1.807) is 0 Å². The molecule has 2 N–H and O–H groups in total. The molecule has 2 heteroatoms. The Morgan fingerprint density at radius 1 is 1.08 bits per heavy atom. The lowest BCUT2D eigenvalue weighted by Crippen LogP contribution is -2.32. The maximum Gasteiger partial charge on any atom is 0.00670 e. The summed E-state index contributed by atoms with van der Waals surface area (Å²) in [5.74, 6) is 0. The minimum Gasteiger partial charge on any atom is -0.320 e. The zero-order valence-electron chi connectivity index (χ0n) is 8.23. The summed E-state index contributed by atoms with van der Waals surface area (Å²) in [6.45, 7) is 2.32. The molecule has 0 saturated heterocycles. The van der Waals surface area contributed by atoms with Gasteiger partial charge in [0.05, 0.1) is 0 Å². The van der Waals surface area contributed by atoms with Crippen molar-refractivity contribution in [2.75, 3.05) is 20.1 Å². The highest BCUT2D eigenvalue weighted by Crippen LogP contribution is 2.16. The van der Waals surface area contributed by atoms with Crippen molar-refractivity contribution in [2.24, 2.45) is 0 Å². The van der Waals surface area contributed by atoms with Crippen molar-refractivity contribution in [1.82, 2.24) is 10.6 Å². The first-order valence-electron chi connectivity index (χ1n) is 5.31. The summed E-state index contributed by atoms with van der Waals surface area (Å²) in [5, 5.41) is 6.78. The van der Waals surface area contributed by atoms with Crippen molar-refractivity contribution in [3.63, 3.8) is 0 Å². The number of rotatable bonds is 5. The summed E-state index contributed by atoms with van der Waals surface area (Å²) in [4.78, 5) is 0. The predicted octanol–water partition coefficient (Wildman–Crippen LogP) is 1.52. The van der Waals surface area contributed by atoms with Crippen LogP contribution in [0.5, 0.6) is 0 Å². The fourth-order valence-electron chi connectivity index (χ4n) is 1.88. The van der Waals surface area contributed by atoms with Crippen molar-refractivity contribution in [2.45, 2.75) is 44.6 Å². The Morgan fingerprint density at radius 2 is 1.83 bits per heavy atom. The molecule has 0 heterocycles. The Hall–Kier alpha value is -0.0800. The standard InChI is InChI=1S/C10H22N2/c1-11-8-5-9-12-10-6-3-2-4-7-10/h10-12H,2-9H2,1H3. The molecule has 0 aliphatic heterocycles. The van der Waals surface area contributed by atoms with Crippen LogP contribution in [-0.2, 0) is 0 Å². The molecule has 1 aliphatic carbocycles. The lowest BCUT2D eigenvalue weighted by molar-refractivity contribution is 0.372. The average molecular weight is 170 g/mol. The molecule has 12 heavy (non-hydrogen) atoms. The van der Waals surface area contributed by atoms with Gasteiger partial charge in [-0.15, -0.1) is 0 Å². The van der Waals surface area contributed by atoms with Crippen LogP contribution in [0, 0.1) is 0 Å². The fourth-order valence-corrected chi connectivity index (χ4v) is 1.88. The van der Waals surface area contributed by atoms with E-state index in [9.17, 15) is 0 Å². The van der Waals surface area contributed by atoms with Gasteiger partial charge in [-0.1, -0.05) is 19.3 Å². The summed E-state index contributed by atoms with van der Waals surface area (Å²) in [6.07, 6.45) is 8.38. The summed E-state index contributed by atoms with van der Waals surface area (Å²) in [5.41, 5.74) is 0. The maximum absolute atomic E-state index is 3.62. The summed E-state index contributed by atoms with van der Waals surface area (Å²) in [7, 11) is 2.01. The van der Waals surface area contributed by atoms with E-state index in [1.165, 1.54) is 45.1 Å². The normalized spacial score (nSPS) is 19.8. The van der Waals surface area contributed by atoms with Crippen LogP contribution in [-0.4, -0.2) is 26.2 Å². The molecule has 0 spiro atoms. The second kappa shape index (κ2) is 6.44. The highest BCUT2D eigenvalue weighted by molar-refractivity contribution is 4.71. The van der Waals surface area contributed by atoms with E-state index >= 15 is 0 Å². The average Bonchev–Trinajstić information content (AvgIpc) is 2.14. The molecule has 1 saturated carbocycles. The van der Waals surface area contributed by atoms with Crippen LogP contribution in [0.2, 0.25) is 0 Å². The van der Waals surface area contributed by atoms with Crippen molar-refractivity contribution in [1.29, 1.82) is 0 Å². The first-order valence-corrected chi connectivity index (χ1v) is 5.31. The van der Waals surface area contributed by atoms with Crippen LogP contribution in [0.3, 0.4) is 0 Å². The molecule has 0 amide bonds. The fraction of sp³-hybridized carbons (Fsp3) is 1.00. The molecule has 72 valence electrons. The largest absolute Gasteiger partial charge is 0.320 e. The second-order valence-electron chi connectivity index (χ2n) is 3.75. The molecule has 1 rings (SSSR count). The van der Waals surface area contributed by atoms with Gasteiger partial charge in [0, 0.05) is 6.04 Å². The molecule has 2 nitrogen and oxygen atoms in total. The van der Waals surface area contributed by atoms with E-state index in [4.69, 9.17) is 0 Å². The minimum atomic E-state index is 0.829. The summed E-state index contributed by atoms with van der Waals surface area (Å²) in [6, 6.07) is 0.829. The summed E-state index contributed by atoms with van der Waals surface area (Å²) < 4.78 is 0. The van der Waals surface area contributed by atoms with E-state index in [1.807, 2.05) is 7.05 Å². The maximum atomic E-state index is 3.62. The highest BCUT2D eigenvalue weighted by atomic mass is 14.9. The van der Waals surface area contributed by atoms with Gasteiger partial charge in [-0.05, 0) is 39.4 Å². The third-order valence-electron chi connectivity index (χ3n) is 2.64. The van der Waals surface area contributed by atoms with E-state index < -0.39 is 0 Å². The van der Waals surface area contributed by atoms with E-state index in [2.05, 4.69) is 10.6 Å². The van der Waals surface area contributed by atoms with Crippen LogP contribution < -0.4 is 10.6 Å². The lowest BCUT2D eigenvalue weighted by atomic mass is 9.95. The van der Waals surface area contributed by atoms with Gasteiger partial charge in [0.25, 0.3) is 0 Å². The molecule has 0 aromatic carbocycles. The highest BCUT2D eigenvalue weighted by Gasteiger charge is 2.11. The van der Waals surface area contributed by atoms with Gasteiger partial charge in [-0.3, -0.25) is 0 Å². The molecule has 0 radical (unpaired) electrons. The van der Waals surface area contributed by atoms with E-state index in [0.717, 1.165) is 12.6 Å². The molecule has 0 bridgehead atoms. The van der Waals surface area contributed by atoms with Crippen LogP contribution in [0.15, 0.2) is 0 Å². The van der Waals surface area contributed by atoms with Gasteiger partial charge < -0.3 is 10.6 Å². The third kappa shape index (κ3) is 4.07. The molecule has 0 aromatic rings. The molecule has 1 fully saturated rings. The minimum absolute atomic E-state index is 0.829. The topological polar surface area (TPSA) is 24.1 Å². The Balaban J connectivity index is 1.91. The second-order valence-corrected chi connectivity index (χ2v) is 3.75. The van der Waals surface area contributed by atoms with E-state index in [-0.39, 0.29) is 0 Å². The Labute approximate surface area is 76.1 Å². The van der Waals surface area contributed by atoms with Crippen molar-refractivity contribution < 1.29 is 0 Å². The summed E-state index contributed by atoms with van der Waals surface area (Å²) >= 11 is 0. The van der Waals surface area contributed by atoms with Gasteiger partial charge in [0.1, 0.15) is 0 Å². The first kappa shape index (κ1) is 10.0. The quantitative estimate of drug-likeness (QED) is 0.611. The van der Waals surface area contributed by atoms with E-state index in [0.29, 0.717) is 0 Å². The zero-order valence-corrected chi connectivity index (χ0v) is 8.23. The molecule has 0 atom stereocenters. The number of hydrogen-bond acceptors (Lipinski definition) is 2. The lowest BCUT2D eigenvalue weighted by Gasteiger charge is -2.22. The molecular weight excluding hydrogens is 148 g/mol. The Morgan fingerprint density at radius 3 is 2.50 bits per heavy atom. The van der Waals surface area contributed by atoms with Crippen LogP contribution in [0.25, 0.3) is 0 Å². The molecule has 1 aliphatic rings. The van der Waals surface area contributed by atoms with Gasteiger partial charge in [-0.25, -0.2) is 0 Å². The van der Waals surface area contributed by atoms with Crippen LogP contribution >= 0.6 is 0 Å². The Bertz CT molecular complexity index is 98.0. The van der Waals surface area contributed by atoms with Gasteiger partial charge in [0.15, 0.2) is 0 Å². The van der Waals surface area contributed by atoms with Crippen LogP contribution in [0.4, 0.5) is 0 Å². The predicted molar refractivity (Wildman–Crippen MR) is 53.4 cm³/mol. The number of nitrogens with one attached hydrogen (secondary N) is 2. The SMILES string of the molecule is CNCCCNC1CCCCC1. The van der Waals surface area contributed by atoms with Gasteiger partial charge >= 0.3 is 0 Å². The molecule has 0 unspecified atom stereocenters. The van der Waals surface area contributed by atoms with Crippen molar-refractivity contribution in [3.05, 3.63) is 0 Å².